The predicted molar refractivity (Wildman–Crippen MR) is 87.2 cm³/mol. The zero-order chi connectivity index (χ0) is 16.7. The highest BCUT2D eigenvalue weighted by Gasteiger charge is 2.37. The van der Waals surface area contributed by atoms with Crippen LogP contribution in [0.5, 0.6) is 0 Å². The van der Waals surface area contributed by atoms with Crippen LogP contribution in [0.15, 0.2) is 47.1 Å². The van der Waals surface area contributed by atoms with Crippen LogP contribution in [0.1, 0.15) is 33.3 Å². The smallest absolute Gasteiger partial charge is 0.343 e. The molecule has 0 saturated heterocycles. The molecule has 0 saturated carbocycles. The number of esters is 1. The van der Waals surface area contributed by atoms with Crippen LogP contribution >= 0.6 is 0 Å². The summed E-state index contributed by atoms with van der Waals surface area (Å²) in [6.07, 6.45) is 1.58. The first-order valence-corrected chi connectivity index (χ1v) is 7.59. The quantitative estimate of drug-likeness (QED) is 0.745. The SMILES string of the molecule is Cc1ccc(CC2OC(=O)c3c(-c4ccco4)nc(N)nc32)cc1. The lowest BCUT2D eigenvalue weighted by atomic mass is 10.0. The number of nitrogens with zero attached hydrogens (tertiary/aromatic N) is 2. The van der Waals surface area contributed by atoms with E-state index >= 15 is 0 Å². The fraction of sp³-hybridized carbons (Fsp3) is 0.167. The molecule has 1 aliphatic heterocycles. The van der Waals surface area contributed by atoms with Crippen molar-refractivity contribution in [3.05, 3.63) is 65.0 Å². The summed E-state index contributed by atoms with van der Waals surface area (Å²) in [6, 6.07) is 11.5. The van der Waals surface area contributed by atoms with Crippen molar-refractivity contribution in [3.63, 3.8) is 0 Å². The minimum atomic E-state index is -0.478. The molecule has 1 unspecified atom stereocenters. The molecule has 3 heterocycles. The third kappa shape index (κ3) is 2.42. The Morgan fingerprint density at radius 2 is 1.96 bits per heavy atom. The largest absolute Gasteiger partial charge is 0.463 e. The van der Waals surface area contributed by atoms with Gasteiger partial charge in [0, 0.05) is 6.42 Å². The standard InChI is InChI=1S/C18H15N3O3/c1-10-4-6-11(7-5-10)9-13-16-14(17(22)24-13)15(20-18(19)21-16)12-3-2-8-23-12/h2-8,13H,9H2,1H3,(H2,19,20,21). The van der Waals surface area contributed by atoms with Gasteiger partial charge in [-0.25, -0.2) is 14.8 Å². The molecule has 1 aliphatic rings. The third-order valence-corrected chi connectivity index (χ3v) is 4.01. The molecule has 0 fully saturated rings. The van der Waals surface area contributed by atoms with Gasteiger partial charge in [0.25, 0.3) is 0 Å². The summed E-state index contributed by atoms with van der Waals surface area (Å²) in [5, 5.41) is 0. The Morgan fingerprint density at radius 1 is 1.17 bits per heavy atom. The highest BCUT2D eigenvalue weighted by Crippen LogP contribution is 2.37. The van der Waals surface area contributed by atoms with Crippen molar-refractivity contribution in [2.75, 3.05) is 5.73 Å². The van der Waals surface area contributed by atoms with E-state index in [-0.39, 0.29) is 5.95 Å². The predicted octanol–water partition coefficient (Wildman–Crippen LogP) is 3.08. The number of nitrogen functional groups attached to an aromatic ring is 1. The maximum Gasteiger partial charge on any atom is 0.343 e. The highest BCUT2D eigenvalue weighted by molar-refractivity contribution is 5.99. The molecule has 6 nitrogen and oxygen atoms in total. The number of carbonyl (C=O) groups excluding carboxylic acids is 1. The van der Waals surface area contributed by atoms with E-state index < -0.39 is 12.1 Å². The third-order valence-electron chi connectivity index (χ3n) is 4.01. The lowest BCUT2D eigenvalue weighted by Crippen LogP contribution is -2.07. The van der Waals surface area contributed by atoms with Crippen molar-refractivity contribution in [1.82, 2.24) is 9.97 Å². The van der Waals surface area contributed by atoms with Gasteiger partial charge in [-0.15, -0.1) is 0 Å². The average Bonchev–Trinajstić information content (AvgIpc) is 3.18. The molecular formula is C18H15N3O3. The molecule has 0 aliphatic carbocycles. The first-order chi connectivity index (χ1) is 11.6. The van der Waals surface area contributed by atoms with Crippen LogP contribution in [0.3, 0.4) is 0 Å². The number of furan rings is 1. The summed E-state index contributed by atoms with van der Waals surface area (Å²) >= 11 is 0. The van der Waals surface area contributed by atoms with E-state index in [0.29, 0.717) is 29.1 Å². The fourth-order valence-corrected chi connectivity index (χ4v) is 2.84. The van der Waals surface area contributed by atoms with Gasteiger partial charge in [0.05, 0.1) is 6.26 Å². The molecule has 0 spiro atoms. The normalized spacial score (nSPS) is 16.0. The number of aromatic nitrogens is 2. The Morgan fingerprint density at radius 3 is 2.67 bits per heavy atom. The molecule has 2 N–H and O–H groups in total. The summed E-state index contributed by atoms with van der Waals surface area (Å²) < 4.78 is 10.9. The molecule has 0 bridgehead atoms. The van der Waals surface area contributed by atoms with Gasteiger partial charge in [-0.2, -0.15) is 0 Å². The van der Waals surface area contributed by atoms with Crippen LogP contribution in [-0.2, 0) is 11.2 Å². The number of ether oxygens (including phenoxy) is 1. The molecular weight excluding hydrogens is 306 g/mol. The minimum absolute atomic E-state index is 0.0901. The molecule has 120 valence electrons. The number of hydrogen-bond donors (Lipinski definition) is 1. The van der Waals surface area contributed by atoms with E-state index in [1.165, 1.54) is 11.8 Å². The lowest BCUT2D eigenvalue weighted by Gasteiger charge is -2.10. The van der Waals surface area contributed by atoms with Crippen molar-refractivity contribution in [2.24, 2.45) is 0 Å². The molecule has 24 heavy (non-hydrogen) atoms. The molecule has 1 atom stereocenters. The van der Waals surface area contributed by atoms with Crippen LogP contribution in [0, 0.1) is 6.92 Å². The van der Waals surface area contributed by atoms with E-state index in [1.54, 1.807) is 12.1 Å². The molecule has 2 aromatic heterocycles. The van der Waals surface area contributed by atoms with Crippen molar-refractivity contribution < 1.29 is 13.9 Å². The number of fused-ring (bicyclic) bond motifs is 1. The van der Waals surface area contributed by atoms with Gasteiger partial charge >= 0.3 is 5.97 Å². The van der Waals surface area contributed by atoms with Crippen LogP contribution in [0.25, 0.3) is 11.5 Å². The van der Waals surface area contributed by atoms with Gasteiger partial charge in [0.2, 0.25) is 5.95 Å². The first-order valence-electron chi connectivity index (χ1n) is 7.59. The maximum atomic E-state index is 12.4. The number of aryl methyl sites for hydroxylation is 1. The van der Waals surface area contributed by atoms with E-state index in [2.05, 4.69) is 9.97 Å². The summed E-state index contributed by atoms with van der Waals surface area (Å²) in [4.78, 5) is 20.8. The Kier molecular flexibility index (Phi) is 3.30. The number of nitrogens with two attached hydrogens (primary N) is 1. The lowest BCUT2D eigenvalue weighted by molar-refractivity contribution is 0.0382. The second-order valence-corrected chi connectivity index (χ2v) is 5.75. The Balaban J connectivity index is 1.76. The number of cyclic esters (lactones) is 1. The maximum absolute atomic E-state index is 12.4. The Bertz CT molecular complexity index is 902. The highest BCUT2D eigenvalue weighted by atomic mass is 16.5. The zero-order valence-electron chi connectivity index (χ0n) is 13.0. The summed E-state index contributed by atoms with van der Waals surface area (Å²) in [7, 11) is 0. The average molecular weight is 321 g/mol. The van der Waals surface area contributed by atoms with Crippen LogP contribution < -0.4 is 5.73 Å². The Hall–Kier alpha value is -3.15. The van der Waals surface area contributed by atoms with E-state index in [1.807, 2.05) is 31.2 Å². The number of hydrogen-bond acceptors (Lipinski definition) is 6. The van der Waals surface area contributed by atoms with Crippen molar-refractivity contribution in [3.8, 4) is 11.5 Å². The van der Waals surface area contributed by atoms with Crippen LogP contribution in [0.4, 0.5) is 5.95 Å². The van der Waals surface area contributed by atoms with Crippen LogP contribution in [-0.4, -0.2) is 15.9 Å². The van der Waals surface area contributed by atoms with Gasteiger partial charge in [0.15, 0.2) is 5.76 Å². The topological polar surface area (TPSA) is 91.2 Å². The minimum Gasteiger partial charge on any atom is -0.463 e. The first kappa shape index (κ1) is 14.4. The Labute approximate surface area is 138 Å². The molecule has 4 rings (SSSR count). The van der Waals surface area contributed by atoms with E-state index in [4.69, 9.17) is 14.9 Å². The molecule has 0 radical (unpaired) electrons. The van der Waals surface area contributed by atoms with Crippen molar-refractivity contribution in [2.45, 2.75) is 19.4 Å². The van der Waals surface area contributed by atoms with E-state index in [9.17, 15) is 4.79 Å². The summed E-state index contributed by atoms with van der Waals surface area (Å²) in [6.45, 7) is 2.03. The van der Waals surface area contributed by atoms with Gasteiger partial charge < -0.3 is 14.9 Å². The molecule has 1 aromatic carbocycles. The van der Waals surface area contributed by atoms with Crippen molar-refractivity contribution in [1.29, 1.82) is 0 Å². The second-order valence-electron chi connectivity index (χ2n) is 5.75. The van der Waals surface area contributed by atoms with Crippen molar-refractivity contribution >= 4 is 11.9 Å². The van der Waals surface area contributed by atoms with Gasteiger partial charge in [0.1, 0.15) is 23.1 Å². The summed E-state index contributed by atoms with van der Waals surface area (Å²) in [5.41, 5.74) is 9.28. The summed E-state index contributed by atoms with van der Waals surface area (Å²) in [5.74, 6) is 0.106. The number of carbonyl (C=O) groups is 1. The monoisotopic (exact) mass is 321 g/mol. The van der Waals surface area contributed by atoms with Crippen LogP contribution in [0.2, 0.25) is 0 Å². The second kappa shape index (κ2) is 5.49. The number of rotatable bonds is 3. The van der Waals surface area contributed by atoms with Gasteiger partial charge in [-0.1, -0.05) is 29.8 Å². The van der Waals surface area contributed by atoms with Gasteiger partial charge in [-0.3, -0.25) is 0 Å². The van der Waals surface area contributed by atoms with E-state index in [0.717, 1.165) is 5.56 Å². The van der Waals surface area contributed by atoms with Gasteiger partial charge in [-0.05, 0) is 24.6 Å². The number of anilines is 1. The molecule has 0 amide bonds. The molecule has 6 heteroatoms. The molecule has 3 aromatic rings. The number of benzene rings is 1. The zero-order valence-corrected chi connectivity index (χ0v) is 13.0. The fourth-order valence-electron chi connectivity index (χ4n) is 2.84.